The molecule has 0 aliphatic rings. The number of aromatic nitrogens is 2. The van der Waals surface area contributed by atoms with Crippen molar-refractivity contribution in [3.63, 3.8) is 0 Å². The topological polar surface area (TPSA) is 93.8 Å². The molecule has 0 bridgehead atoms. The van der Waals surface area contributed by atoms with E-state index in [0.717, 1.165) is 15.1 Å². The standard InChI is InChI=1S/C17H15N3O4S/c1-10-11(2)25-16-15(10)17(23)20(9-18-16)19-7-12-5-3-4-6-13(12)24-8-14(21)22/h3-7,9H,8H2,1-2H3,(H,21,22)/b19-7+. The second-order valence-corrected chi connectivity index (χ2v) is 6.53. The van der Waals surface area contributed by atoms with E-state index in [4.69, 9.17) is 9.84 Å². The maximum absolute atomic E-state index is 12.6. The lowest BCUT2D eigenvalue weighted by Crippen LogP contribution is -2.17. The zero-order valence-corrected chi connectivity index (χ0v) is 14.4. The van der Waals surface area contributed by atoms with Crippen LogP contribution in [0.25, 0.3) is 10.2 Å². The van der Waals surface area contributed by atoms with Crippen LogP contribution in [0.1, 0.15) is 16.0 Å². The molecule has 0 unspecified atom stereocenters. The molecule has 25 heavy (non-hydrogen) atoms. The fourth-order valence-electron chi connectivity index (χ4n) is 2.29. The summed E-state index contributed by atoms with van der Waals surface area (Å²) in [5, 5.41) is 13.5. The summed E-state index contributed by atoms with van der Waals surface area (Å²) >= 11 is 1.48. The highest BCUT2D eigenvalue weighted by Gasteiger charge is 2.11. The van der Waals surface area contributed by atoms with Crippen molar-refractivity contribution in [3.05, 3.63) is 57.0 Å². The lowest BCUT2D eigenvalue weighted by Gasteiger charge is -2.06. The van der Waals surface area contributed by atoms with E-state index in [0.29, 0.717) is 21.5 Å². The van der Waals surface area contributed by atoms with Crippen LogP contribution < -0.4 is 10.3 Å². The Morgan fingerprint density at radius 1 is 1.40 bits per heavy atom. The summed E-state index contributed by atoms with van der Waals surface area (Å²) in [7, 11) is 0. The van der Waals surface area contributed by atoms with Crippen molar-refractivity contribution in [2.45, 2.75) is 13.8 Å². The predicted molar refractivity (Wildman–Crippen MR) is 95.9 cm³/mol. The third kappa shape index (κ3) is 3.43. The monoisotopic (exact) mass is 357 g/mol. The zero-order chi connectivity index (χ0) is 18.0. The van der Waals surface area contributed by atoms with Crippen molar-refractivity contribution in [1.82, 2.24) is 9.66 Å². The summed E-state index contributed by atoms with van der Waals surface area (Å²) in [4.78, 5) is 29.3. The molecule has 8 heteroatoms. The quantitative estimate of drug-likeness (QED) is 0.708. The van der Waals surface area contributed by atoms with Crippen molar-refractivity contribution < 1.29 is 14.6 Å². The number of thiophene rings is 1. The highest BCUT2D eigenvalue weighted by atomic mass is 32.1. The lowest BCUT2D eigenvalue weighted by atomic mass is 10.2. The van der Waals surface area contributed by atoms with Gasteiger partial charge < -0.3 is 9.84 Å². The molecule has 7 nitrogen and oxygen atoms in total. The number of rotatable bonds is 5. The third-order valence-electron chi connectivity index (χ3n) is 3.66. The van der Waals surface area contributed by atoms with E-state index < -0.39 is 12.6 Å². The molecule has 1 N–H and O–H groups in total. The van der Waals surface area contributed by atoms with Gasteiger partial charge in [-0.2, -0.15) is 9.78 Å². The summed E-state index contributed by atoms with van der Waals surface area (Å²) in [6.45, 7) is 3.39. The average molecular weight is 357 g/mol. The average Bonchev–Trinajstić information content (AvgIpc) is 2.88. The van der Waals surface area contributed by atoms with Crippen molar-refractivity contribution in [2.75, 3.05) is 6.61 Å². The first kappa shape index (κ1) is 16.8. The SMILES string of the molecule is Cc1sc2ncn(/N=C/c3ccccc3OCC(=O)O)c(=O)c2c1C. The van der Waals surface area contributed by atoms with Gasteiger partial charge in [0, 0.05) is 10.4 Å². The van der Waals surface area contributed by atoms with Gasteiger partial charge >= 0.3 is 5.97 Å². The first-order chi connectivity index (χ1) is 12.0. The summed E-state index contributed by atoms with van der Waals surface area (Å²) in [6.07, 6.45) is 2.82. The minimum Gasteiger partial charge on any atom is -0.481 e. The Kier molecular flexibility index (Phi) is 4.62. The minimum absolute atomic E-state index is 0.243. The number of carboxylic acids is 1. The number of fused-ring (bicyclic) bond motifs is 1. The first-order valence-corrected chi connectivity index (χ1v) is 8.24. The Morgan fingerprint density at radius 3 is 2.92 bits per heavy atom. The molecule has 0 saturated carbocycles. The van der Waals surface area contributed by atoms with E-state index in [1.807, 2.05) is 13.8 Å². The van der Waals surface area contributed by atoms with Crippen LogP contribution in [0.5, 0.6) is 5.75 Å². The van der Waals surface area contributed by atoms with E-state index in [1.54, 1.807) is 24.3 Å². The first-order valence-electron chi connectivity index (χ1n) is 7.42. The zero-order valence-electron chi connectivity index (χ0n) is 13.6. The molecule has 0 amide bonds. The Morgan fingerprint density at radius 2 is 2.16 bits per heavy atom. The Bertz CT molecular complexity index is 1040. The van der Waals surface area contributed by atoms with Crippen molar-refractivity contribution in [3.8, 4) is 5.75 Å². The number of carboxylic acid groups (broad SMARTS) is 1. The van der Waals surface area contributed by atoms with Crippen LogP contribution in [0.2, 0.25) is 0 Å². The van der Waals surface area contributed by atoms with Gasteiger partial charge in [0.2, 0.25) is 0 Å². The van der Waals surface area contributed by atoms with Crippen LogP contribution in [0, 0.1) is 13.8 Å². The molecule has 2 heterocycles. The highest BCUT2D eigenvalue weighted by Crippen LogP contribution is 2.25. The number of aliphatic carboxylic acids is 1. The second-order valence-electron chi connectivity index (χ2n) is 5.32. The molecular formula is C17H15N3O4S. The van der Waals surface area contributed by atoms with E-state index in [9.17, 15) is 9.59 Å². The third-order valence-corrected chi connectivity index (χ3v) is 4.78. The molecule has 3 rings (SSSR count). The molecule has 0 aliphatic carbocycles. The number of carbonyl (C=O) groups is 1. The number of aryl methyl sites for hydroxylation is 2. The molecule has 128 valence electrons. The molecule has 0 radical (unpaired) electrons. The number of nitrogens with zero attached hydrogens (tertiary/aromatic N) is 3. The van der Waals surface area contributed by atoms with Gasteiger partial charge in [-0.3, -0.25) is 4.79 Å². The van der Waals surface area contributed by atoms with Gasteiger partial charge in [-0.15, -0.1) is 11.3 Å². The van der Waals surface area contributed by atoms with Crippen LogP contribution in [0.4, 0.5) is 0 Å². The van der Waals surface area contributed by atoms with Crippen LogP contribution in [-0.4, -0.2) is 33.6 Å². The summed E-state index contributed by atoms with van der Waals surface area (Å²) in [6, 6.07) is 6.86. The number of para-hydroxylation sites is 1. The van der Waals surface area contributed by atoms with Crippen LogP contribution in [0.3, 0.4) is 0 Å². The fourth-order valence-corrected chi connectivity index (χ4v) is 3.28. The summed E-state index contributed by atoms with van der Waals surface area (Å²) in [5.41, 5.74) is 1.23. The number of ether oxygens (including phenoxy) is 1. The number of hydrogen-bond donors (Lipinski definition) is 1. The highest BCUT2D eigenvalue weighted by molar-refractivity contribution is 7.18. The van der Waals surface area contributed by atoms with Gasteiger partial charge in [0.05, 0.1) is 11.6 Å². The predicted octanol–water partition coefficient (Wildman–Crippen LogP) is 2.42. The normalized spacial score (nSPS) is 11.3. The van der Waals surface area contributed by atoms with E-state index in [2.05, 4.69) is 10.1 Å². The molecule has 0 aliphatic heterocycles. The molecule has 0 spiro atoms. The largest absolute Gasteiger partial charge is 0.481 e. The Hall–Kier alpha value is -3.00. The van der Waals surface area contributed by atoms with Gasteiger partial charge in [-0.1, -0.05) is 12.1 Å². The van der Waals surface area contributed by atoms with Crippen molar-refractivity contribution in [1.29, 1.82) is 0 Å². The molecule has 1 aromatic carbocycles. The fraction of sp³-hybridized carbons (Fsp3) is 0.176. The van der Waals surface area contributed by atoms with E-state index >= 15 is 0 Å². The molecular weight excluding hydrogens is 342 g/mol. The second kappa shape index (κ2) is 6.86. The molecule has 2 aromatic heterocycles. The lowest BCUT2D eigenvalue weighted by molar-refractivity contribution is -0.139. The van der Waals surface area contributed by atoms with Crippen molar-refractivity contribution >= 4 is 33.7 Å². The van der Waals surface area contributed by atoms with Gasteiger partial charge in [-0.25, -0.2) is 9.78 Å². The van der Waals surface area contributed by atoms with Gasteiger partial charge in [0.15, 0.2) is 6.61 Å². The molecule has 3 aromatic rings. The van der Waals surface area contributed by atoms with Gasteiger partial charge in [0.25, 0.3) is 5.56 Å². The Labute approximate surface area is 146 Å². The summed E-state index contributed by atoms with van der Waals surface area (Å²) in [5.74, 6) is -0.695. The van der Waals surface area contributed by atoms with Crippen LogP contribution >= 0.6 is 11.3 Å². The Balaban J connectivity index is 1.97. The summed E-state index contributed by atoms with van der Waals surface area (Å²) < 4.78 is 6.38. The van der Waals surface area contributed by atoms with Crippen molar-refractivity contribution in [2.24, 2.45) is 5.10 Å². The van der Waals surface area contributed by atoms with Crippen LogP contribution in [-0.2, 0) is 4.79 Å². The van der Waals surface area contributed by atoms with Gasteiger partial charge in [0.1, 0.15) is 16.9 Å². The maximum Gasteiger partial charge on any atom is 0.341 e. The molecule has 0 saturated heterocycles. The smallest absolute Gasteiger partial charge is 0.341 e. The van der Waals surface area contributed by atoms with E-state index in [1.165, 1.54) is 23.9 Å². The number of hydrogen-bond acceptors (Lipinski definition) is 6. The minimum atomic E-state index is -1.07. The van der Waals surface area contributed by atoms with E-state index in [-0.39, 0.29) is 5.56 Å². The van der Waals surface area contributed by atoms with Gasteiger partial charge in [-0.05, 0) is 31.5 Å². The van der Waals surface area contributed by atoms with Crippen LogP contribution in [0.15, 0.2) is 40.5 Å². The number of benzene rings is 1. The molecule has 0 atom stereocenters. The maximum atomic E-state index is 12.6. The molecule has 0 fully saturated rings.